The van der Waals surface area contributed by atoms with Crippen LogP contribution in [0.5, 0.6) is 5.75 Å². The van der Waals surface area contributed by atoms with Gasteiger partial charge in [-0.2, -0.15) is 0 Å². The molecule has 2 aliphatic heterocycles. The van der Waals surface area contributed by atoms with E-state index < -0.39 is 41.4 Å². The molecule has 5 heterocycles. The van der Waals surface area contributed by atoms with Crippen LogP contribution in [0.25, 0.3) is 33.3 Å². The number of benzene rings is 2. The third-order valence-corrected chi connectivity index (χ3v) is 10.6. The minimum atomic E-state index is -1.02. The van der Waals surface area contributed by atoms with E-state index in [2.05, 4.69) is 21.4 Å². The van der Waals surface area contributed by atoms with E-state index in [9.17, 15) is 24.0 Å². The lowest BCUT2D eigenvalue weighted by Crippen LogP contribution is -2.54. The summed E-state index contributed by atoms with van der Waals surface area (Å²) in [5, 5.41) is 3.09. The second kappa shape index (κ2) is 22.7. The molecule has 3 aromatic heterocycles. The summed E-state index contributed by atoms with van der Waals surface area (Å²) in [6.45, 7) is 10.1. The average Bonchev–Trinajstić information content (AvgIpc) is 3.81. The van der Waals surface area contributed by atoms with E-state index in [0.29, 0.717) is 70.7 Å². The number of piperidine rings is 1. The highest BCUT2D eigenvalue weighted by molar-refractivity contribution is 6.23. The van der Waals surface area contributed by atoms with Gasteiger partial charge in [0.05, 0.1) is 88.0 Å². The van der Waals surface area contributed by atoms with Crippen molar-refractivity contribution in [3.05, 3.63) is 102 Å². The van der Waals surface area contributed by atoms with Crippen molar-refractivity contribution < 1.29 is 57.1 Å². The van der Waals surface area contributed by atoms with Gasteiger partial charge in [-0.3, -0.25) is 39.4 Å². The molecular weight excluding hydrogens is 851 g/mol. The fourth-order valence-corrected chi connectivity index (χ4v) is 7.44. The number of aryl methyl sites for hydroxylation is 1. The number of carbonyl (C=O) groups excluding carboxylic acids is 5. The van der Waals surface area contributed by atoms with Crippen molar-refractivity contribution in [2.45, 2.75) is 58.1 Å². The predicted molar refractivity (Wildman–Crippen MR) is 241 cm³/mol. The lowest BCUT2D eigenvalue weighted by molar-refractivity contribution is -0.136. The Morgan fingerprint density at radius 3 is 1.95 bits per heavy atom. The summed E-state index contributed by atoms with van der Waals surface area (Å²) in [4.78, 5) is 72.6. The molecule has 1 atom stereocenters. The molecule has 2 aliphatic rings. The van der Waals surface area contributed by atoms with Gasteiger partial charge in [0.1, 0.15) is 24.0 Å². The number of pyridine rings is 2. The van der Waals surface area contributed by atoms with Crippen LogP contribution in [0.15, 0.2) is 85.3 Å². The predicted octanol–water partition coefficient (Wildman–Crippen LogP) is 6.04. The third-order valence-electron chi connectivity index (χ3n) is 10.6. The molecule has 0 bridgehead atoms. The normalized spacial score (nSPS) is 15.1. The molecule has 348 valence electrons. The third kappa shape index (κ3) is 12.5. The zero-order valence-electron chi connectivity index (χ0n) is 37.5. The summed E-state index contributed by atoms with van der Waals surface area (Å²) >= 11 is 0. The van der Waals surface area contributed by atoms with E-state index in [1.807, 2.05) is 69.4 Å². The van der Waals surface area contributed by atoms with Gasteiger partial charge in [-0.05, 0) is 87.6 Å². The van der Waals surface area contributed by atoms with E-state index in [0.717, 1.165) is 51.2 Å². The Bertz CT molecular complexity index is 2480. The molecule has 1 fully saturated rings. The number of hydrogen-bond donors (Lipinski definition) is 1. The molecule has 1 unspecified atom stereocenters. The van der Waals surface area contributed by atoms with Gasteiger partial charge in [-0.25, -0.2) is 9.36 Å². The van der Waals surface area contributed by atoms with E-state index in [1.165, 1.54) is 12.1 Å². The Labute approximate surface area is 382 Å². The summed E-state index contributed by atoms with van der Waals surface area (Å²) in [5.41, 5.74) is 5.02. The Balaban J connectivity index is 0.679. The molecule has 1 N–H and O–H groups in total. The number of rotatable bonds is 23. The molecule has 0 spiro atoms. The number of aromatic nitrogens is 3. The number of nitrogens with one attached hydrogen (secondary N) is 1. The monoisotopic (exact) mass is 905 g/mol. The van der Waals surface area contributed by atoms with Crippen molar-refractivity contribution in [3.8, 4) is 28.1 Å². The van der Waals surface area contributed by atoms with Gasteiger partial charge in [0, 0.05) is 42.1 Å². The number of nitrogens with zero attached hydrogens (tertiary/aromatic N) is 4. The highest BCUT2D eigenvalue weighted by Gasteiger charge is 2.44. The molecule has 0 radical (unpaired) electrons. The summed E-state index contributed by atoms with van der Waals surface area (Å²) in [5.74, 6) is -1.84. The summed E-state index contributed by atoms with van der Waals surface area (Å²) < 4.78 is 41.0. The fraction of sp³-hybridized carbons (Fsp3) is 0.408. The highest BCUT2D eigenvalue weighted by Crippen LogP contribution is 2.32. The first-order chi connectivity index (χ1) is 32.0. The van der Waals surface area contributed by atoms with E-state index in [4.69, 9.17) is 33.2 Å². The minimum absolute atomic E-state index is 0.0576. The fourth-order valence-electron chi connectivity index (χ4n) is 7.44. The lowest BCUT2D eigenvalue weighted by atomic mass is 10.0. The van der Waals surface area contributed by atoms with Gasteiger partial charge in [-0.15, -0.1) is 0 Å². The summed E-state index contributed by atoms with van der Waals surface area (Å²) in [6, 6.07) is 19.6. The van der Waals surface area contributed by atoms with Crippen molar-refractivity contribution in [1.82, 2.24) is 24.8 Å². The minimum Gasteiger partial charge on any atom is -0.491 e. The summed E-state index contributed by atoms with van der Waals surface area (Å²) in [7, 11) is 0. The van der Waals surface area contributed by atoms with Gasteiger partial charge in [0.25, 0.3) is 11.8 Å². The second-order valence-corrected chi connectivity index (χ2v) is 16.6. The lowest BCUT2D eigenvalue weighted by Gasteiger charge is -2.27. The molecule has 5 aromatic rings. The topological polar surface area (TPSA) is 196 Å². The average molecular weight is 906 g/mol. The van der Waals surface area contributed by atoms with Gasteiger partial charge in [0.15, 0.2) is 0 Å². The first-order valence-electron chi connectivity index (χ1n) is 22.1. The smallest absolute Gasteiger partial charge is 0.419 e. The van der Waals surface area contributed by atoms with Gasteiger partial charge in [-0.1, -0.05) is 30.3 Å². The van der Waals surface area contributed by atoms with Gasteiger partial charge < -0.3 is 33.2 Å². The number of amides is 4. The van der Waals surface area contributed by atoms with Crippen molar-refractivity contribution in [2.75, 3.05) is 72.7 Å². The van der Waals surface area contributed by atoms with Crippen molar-refractivity contribution in [3.63, 3.8) is 0 Å². The van der Waals surface area contributed by atoms with Crippen LogP contribution in [-0.2, 0) is 44.4 Å². The Morgan fingerprint density at radius 1 is 0.697 bits per heavy atom. The van der Waals surface area contributed by atoms with Crippen LogP contribution in [0.2, 0.25) is 0 Å². The molecule has 0 saturated carbocycles. The number of fused-ring (bicyclic) bond motifs is 2. The van der Waals surface area contributed by atoms with Crippen LogP contribution in [0.1, 0.15) is 66.4 Å². The first-order valence-corrected chi connectivity index (χ1v) is 22.1. The van der Waals surface area contributed by atoms with Crippen LogP contribution in [0, 0.1) is 0 Å². The molecule has 7 rings (SSSR count). The van der Waals surface area contributed by atoms with Gasteiger partial charge in [0.2, 0.25) is 11.8 Å². The Morgan fingerprint density at radius 2 is 1.32 bits per heavy atom. The maximum Gasteiger partial charge on any atom is 0.419 e. The Kier molecular flexibility index (Phi) is 16.4. The van der Waals surface area contributed by atoms with E-state index in [1.54, 1.807) is 23.0 Å². The molecule has 4 amide bonds. The summed E-state index contributed by atoms with van der Waals surface area (Å²) in [6.07, 6.45) is 6.60. The Hall–Kier alpha value is -6.37. The SMILES string of the molecule is CC(C)(C)OC(=O)n1c(-c2ccc(-c3ccc(CCCOCCOCCOCCOCCOCCOc4ccc5c(c4)C(=O)N(C4CCC(=O)NC4=O)C5=O)nc3)cc2)cc2ccncc21. The molecular formula is C49H55N5O12. The molecule has 66 heavy (non-hydrogen) atoms. The number of hydrogen-bond acceptors (Lipinski definition) is 14. The molecule has 17 nitrogen and oxygen atoms in total. The van der Waals surface area contributed by atoms with Crippen LogP contribution in [0.4, 0.5) is 4.79 Å². The molecule has 2 aromatic carbocycles. The van der Waals surface area contributed by atoms with Gasteiger partial charge >= 0.3 is 6.09 Å². The van der Waals surface area contributed by atoms with Crippen LogP contribution in [-0.4, -0.2) is 133 Å². The highest BCUT2D eigenvalue weighted by atomic mass is 16.6. The second-order valence-electron chi connectivity index (χ2n) is 16.6. The van der Waals surface area contributed by atoms with Crippen LogP contribution >= 0.6 is 0 Å². The van der Waals surface area contributed by atoms with E-state index in [-0.39, 0.29) is 37.2 Å². The zero-order chi connectivity index (χ0) is 46.5. The quantitative estimate of drug-likeness (QED) is 0.0588. The number of ether oxygens (including phenoxy) is 7. The first kappa shape index (κ1) is 47.6. The molecule has 17 heteroatoms. The number of carbonyl (C=O) groups is 5. The van der Waals surface area contributed by atoms with E-state index >= 15 is 0 Å². The maximum atomic E-state index is 13.2. The standard InChI is InChI=1S/C49H55N5O12/c1-49(2,3)66-48(59)53-42(29-35-16-17-50-32-43(35)53)34-8-6-33(7-9-34)36-10-11-37(51-31-36)5-4-18-60-19-20-61-21-22-62-23-24-63-25-26-64-27-28-65-38-12-13-39-40(30-38)47(58)54(46(39)57)41-14-15-44(55)52-45(41)56/h6-13,16-17,29-32,41H,4-5,14-15,18-28H2,1-3H3,(H,52,55,56). The van der Waals surface area contributed by atoms with Crippen molar-refractivity contribution in [1.29, 1.82) is 0 Å². The van der Waals surface area contributed by atoms with Crippen molar-refractivity contribution >= 4 is 40.6 Å². The van der Waals surface area contributed by atoms with Crippen molar-refractivity contribution in [2.24, 2.45) is 0 Å². The number of imide groups is 2. The molecule has 1 saturated heterocycles. The zero-order valence-corrected chi connectivity index (χ0v) is 37.5. The van der Waals surface area contributed by atoms with Crippen LogP contribution < -0.4 is 10.1 Å². The maximum absolute atomic E-state index is 13.2. The largest absolute Gasteiger partial charge is 0.491 e. The molecule has 0 aliphatic carbocycles. The van der Waals surface area contributed by atoms with Crippen LogP contribution in [0.3, 0.4) is 0 Å².